The standard InChI is InChI=1S/C17H15ClFN3O3S/c1-22(2)26(24,25)12-5-3-4-11(9-12)20-17(23)16-15(18)13-8-10(19)6-7-14(13)21-16/h3-9,21H,1-2H3,(H,20,23). The van der Waals surface area contributed by atoms with Crippen LogP contribution in [-0.4, -0.2) is 37.7 Å². The first-order valence-electron chi connectivity index (χ1n) is 7.51. The van der Waals surface area contributed by atoms with Gasteiger partial charge in [-0.3, -0.25) is 4.79 Å². The van der Waals surface area contributed by atoms with E-state index in [2.05, 4.69) is 10.3 Å². The van der Waals surface area contributed by atoms with Gasteiger partial charge in [-0.15, -0.1) is 0 Å². The van der Waals surface area contributed by atoms with Crippen LogP contribution >= 0.6 is 11.6 Å². The summed E-state index contributed by atoms with van der Waals surface area (Å²) in [5, 5.41) is 3.08. The van der Waals surface area contributed by atoms with E-state index in [0.717, 1.165) is 4.31 Å². The number of nitrogens with one attached hydrogen (secondary N) is 2. The van der Waals surface area contributed by atoms with E-state index in [1.54, 1.807) is 6.07 Å². The second-order valence-electron chi connectivity index (χ2n) is 5.77. The molecule has 0 aliphatic heterocycles. The van der Waals surface area contributed by atoms with Gasteiger partial charge in [0.2, 0.25) is 10.0 Å². The van der Waals surface area contributed by atoms with E-state index in [0.29, 0.717) is 16.6 Å². The lowest BCUT2D eigenvalue weighted by molar-refractivity contribution is 0.102. The van der Waals surface area contributed by atoms with Gasteiger partial charge >= 0.3 is 0 Å². The number of benzene rings is 2. The quantitative estimate of drug-likeness (QED) is 0.709. The summed E-state index contributed by atoms with van der Waals surface area (Å²) < 4.78 is 38.8. The number of sulfonamides is 1. The van der Waals surface area contributed by atoms with Crippen LogP contribution in [0.3, 0.4) is 0 Å². The summed E-state index contributed by atoms with van der Waals surface area (Å²) in [6.07, 6.45) is 0. The Kier molecular flexibility index (Phi) is 4.74. The molecule has 0 spiro atoms. The van der Waals surface area contributed by atoms with Gasteiger partial charge in [-0.05, 0) is 36.4 Å². The van der Waals surface area contributed by atoms with Crippen LogP contribution in [0.1, 0.15) is 10.5 Å². The number of fused-ring (bicyclic) bond motifs is 1. The Balaban J connectivity index is 1.93. The van der Waals surface area contributed by atoms with Crippen LogP contribution in [0.5, 0.6) is 0 Å². The van der Waals surface area contributed by atoms with Crippen molar-refractivity contribution in [1.29, 1.82) is 0 Å². The summed E-state index contributed by atoms with van der Waals surface area (Å²) in [5.41, 5.74) is 0.873. The minimum Gasteiger partial charge on any atom is -0.349 e. The van der Waals surface area contributed by atoms with Crippen LogP contribution in [0.25, 0.3) is 10.9 Å². The molecule has 1 heterocycles. The number of H-pyrrole nitrogens is 1. The van der Waals surface area contributed by atoms with Crippen molar-refractivity contribution < 1.29 is 17.6 Å². The highest BCUT2D eigenvalue weighted by atomic mass is 35.5. The maximum atomic E-state index is 13.4. The average Bonchev–Trinajstić information content (AvgIpc) is 2.91. The average molecular weight is 396 g/mol. The fourth-order valence-corrected chi connectivity index (χ4v) is 3.66. The van der Waals surface area contributed by atoms with Crippen molar-refractivity contribution in [3.05, 3.63) is 59.0 Å². The van der Waals surface area contributed by atoms with Crippen molar-refractivity contribution >= 4 is 44.1 Å². The maximum absolute atomic E-state index is 13.4. The normalized spacial score (nSPS) is 11.9. The largest absolute Gasteiger partial charge is 0.349 e. The van der Waals surface area contributed by atoms with E-state index in [-0.39, 0.29) is 15.6 Å². The number of halogens is 2. The molecule has 2 aromatic carbocycles. The highest BCUT2D eigenvalue weighted by molar-refractivity contribution is 7.89. The molecule has 0 bridgehead atoms. The molecule has 3 rings (SSSR count). The fourth-order valence-electron chi connectivity index (χ4n) is 2.43. The number of amides is 1. The van der Waals surface area contributed by atoms with Crippen LogP contribution in [0.15, 0.2) is 47.4 Å². The summed E-state index contributed by atoms with van der Waals surface area (Å²) in [4.78, 5) is 15.4. The molecule has 9 heteroatoms. The fraction of sp³-hybridized carbons (Fsp3) is 0.118. The van der Waals surface area contributed by atoms with Gasteiger partial charge in [0.05, 0.1) is 9.92 Å². The van der Waals surface area contributed by atoms with Crippen molar-refractivity contribution in [2.24, 2.45) is 0 Å². The Morgan fingerprint density at radius 1 is 1.19 bits per heavy atom. The number of nitrogens with zero attached hydrogens (tertiary/aromatic N) is 1. The number of aromatic amines is 1. The first kappa shape index (κ1) is 18.4. The number of hydrogen-bond donors (Lipinski definition) is 2. The SMILES string of the molecule is CN(C)S(=O)(=O)c1cccc(NC(=O)c2[nH]c3ccc(F)cc3c2Cl)c1. The monoisotopic (exact) mass is 395 g/mol. The predicted octanol–water partition coefficient (Wildman–Crippen LogP) is 3.46. The Labute approximate surface area is 154 Å². The van der Waals surface area contributed by atoms with Crippen LogP contribution in [0.2, 0.25) is 5.02 Å². The Hall–Kier alpha value is -2.42. The zero-order valence-corrected chi connectivity index (χ0v) is 15.5. The molecule has 0 atom stereocenters. The Morgan fingerprint density at radius 3 is 2.62 bits per heavy atom. The van der Waals surface area contributed by atoms with Crippen molar-refractivity contribution in [2.75, 3.05) is 19.4 Å². The third kappa shape index (κ3) is 3.31. The minimum atomic E-state index is -3.63. The van der Waals surface area contributed by atoms with E-state index < -0.39 is 21.7 Å². The molecule has 1 amide bonds. The van der Waals surface area contributed by atoms with Gasteiger partial charge in [0.25, 0.3) is 5.91 Å². The van der Waals surface area contributed by atoms with Gasteiger partial charge in [0.1, 0.15) is 11.5 Å². The number of carbonyl (C=O) groups excluding carboxylic acids is 1. The van der Waals surface area contributed by atoms with E-state index in [9.17, 15) is 17.6 Å². The first-order valence-corrected chi connectivity index (χ1v) is 9.32. The number of carbonyl (C=O) groups is 1. The van der Waals surface area contributed by atoms with E-state index in [4.69, 9.17) is 11.6 Å². The molecule has 0 radical (unpaired) electrons. The summed E-state index contributed by atoms with van der Waals surface area (Å²) in [6, 6.07) is 9.84. The lowest BCUT2D eigenvalue weighted by Gasteiger charge is -2.12. The molecule has 3 aromatic rings. The van der Waals surface area contributed by atoms with Gasteiger partial charge in [-0.1, -0.05) is 17.7 Å². The summed E-state index contributed by atoms with van der Waals surface area (Å²) in [7, 11) is -0.786. The number of anilines is 1. The van der Waals surface area contributed by atoms with Crippen molar-refractivity contribution in [1.82, 2.24) is 9.29 Å². The highest BCUT2D eigenvalue weighted by Gasteiger charge is 2.20. The van der Waals surface area contributed by atoms with E-state index in [1.165, 1.54) is 50.5 Å². The lowest BCUT2D eigenvalue weighted by Crippen LogP contribution is -2.22. The maximum Gasteiger partial charge on any atom is 0.273 e. The third-order valence-corrected chi connectivity index (χ3v) is 6.00. The van der Waals surface area contributed by atoms with Gasteiger partial charge in [0, 0.05) is 30.7 Å². The molecule has 26 heavy (non-hydrogen) atoms. The number of hydrogen-bond acceptors (Lipinski definition) is 3. The minimum absolute atomic E-state index is 0.0464. The molecule has 0 aliphatic carbocycles. The predicted molar refractivity (Wildman–Crippen MR) is 98.5 cm³/mol. The van der Waals surface area contributed by atoms with Gasteiger partial charge < -0.3 is 10.3 Å². The molecule has 2 N–H and O–H groups in total. The second-order valence-corrected chi connectivity index (χ2v) is 8.30. The van der Waals surface area contributed by atoms with E-state index >= 15 is 0 Å². The Bertz CT molecular complexity index is 1110. The smallest absolute Gasteiger partial charge is 0.273 e. The molecular weight excluding hydrogens is 381 g/mol. The number of aromatic nitrogens is 1. The second kappa shape index (κ2) is 6.71. The third-order valence-electron chi connectivity index (χ3n) is 3.79. The highest BCUT2D eigenvalue weighted by Crippen LogP contribution is 2.29. The van der Waals surface area contributed by atoms with Crippen molar-refractivity contribution in [2.45, 2.75) is 4.90 Å². The van der Waals surface area contributed by atoms with Crippen molar-refractivity contribution in [3.8, 4) is 0 Å². The first-order chi connectivity index (χ1) is 12.2. The van der Waals surface area contributed by atoms with Gasteiger partial charge in [-0.25, -0.2) is 17.1 Å². The van der Waals surface area contributed by atoms with Crippen LogP contribution in [0.4, 0.5) is 10.1 Å². The van der Waals surface area contributed by atoms with E-state index in [1.807, 2.05) is 0 Å². The molecule has 0 unspecified atom stereocenters. The lowest BCUT2D eigenvalue weighted by atomic mass is 10.2. The van der Waals surface area contributed by atoms with Crippen LogP contribution in [0, 0.1) is 5.82 Å². The van der Waals surface area contributed by atoms with Gasteiger partial charge in [0.15, 0.2) is 0 Å². The summed E-state index contributed by atoms with van der Waals surface area (Å²) in [6.45, 7) is 0. The molecule has 0 saturated heterocycles. The molecule has 0 aliphatic rings. The zero-order valence-electron chi connectivity index (χ0n) is 13.9. The molecule has 136 valence electrons. The van der Waals surface area contributed by atoms with Crippen LogP contribution < -0.4 is 5.32 Å². The summed E-state index contributed by atoms with van der Waals surface area (Å²) in [5.74, 6) is -1.03. The van der Waals surface area contributed by atoms with Gasteiger partial charge in [-0.2, -0.15) is 0 Å². The molecular formula is C17H15ClFN3O3S. The topological polar surface area (TPSA) is 82.3 Å². The molecule has 0 saturated carbocycles. The molecule has 1 aromatic heterocycles. The van der Waals surface area contributed by atoms with Crippen molar-refractivity contribution in [3.63, 3.8) is 0 Å². The Morgan fingerprint density at radius 2 is 1.92 bits per heavy atom. The summed E-state index contributed by atoms with van der Waals surface area (Å²) >= 11 is 6.17. The molecule has 6 nitrogen and oxygen atoms in total. The zero-order chi connectivity index (χ0) is 19.1. The van der Waals surface area contributed by atoms with Crippen LogP contribution in [-0.2, 0) is 10.0 Å². The molecule has 0 fully saturated rings. The number of rotatable bonds is 4.